The highest BCUT2D eigenvalue weighted by Crippen LogP contribution is 2.36. The summed E-state index contributed by atoms with van der Waals surface area (Å²) in [6, 6.07) is 9.20. The quantitative estimate of drug-likeness (QED) is 0.928. The van der Waals surface area contributed by atoms with Gasteiger partial charge in [-0.15, -0.1) is 0 Å². The van der Waals surface area contributed by atoms with Crippen molar-refractivity contribution in [3.63, 3.8) is 0 Å². The molecule has 3 atom stereocenters. The van der Waals surface area contributed by atoms with Crippen molar-refractivity contribution in [1.82, 2.24) is 4.90 Å². The van der Waals surface area contributed by atoms with Gasteiger partial charge in [0.05, 0.1) is 6.61 Å². The molecule has 20 heavy (non-hydrogen) atoms. The summed E-state index contributed by atoms with van der Waals surface area (Å²) in [7, 11) is 2.21. The molecule has 2 aliphatic heterocycles. The Morgan fingerprint density at radius 2 is 2.30 bits per heavy atom. The lowest BCUT2D eigenvalue weighted by Gasteiger charge is -2.38. The van der Waals surface area contributed by atoms with Crippen molar-refractivity contribution in [2.45, 2.75) is 30.8 Å². The minimum atomic E-state index is 0.254. The van der Waals surface area contributed by atoms with Crippen molar-refractivity contribution < 1.29 is 4.74 Å². The number of rotatable bonds is 3. The number of benzene rings is 1. The summed E-state index contributed by atoms with van der Waals surface area (Å²) in [4.78, 5) is 2.44. The molecule has 1 fully saturated rings. The maximum atomic E-state index is 6.53. The zero-order valence-electron chi connectivity index (χ0n) is 12.1. The summed E-state index contributed by atoms with van der Waals surface area (Å²) in [6.45, 7) is 1.98. The van der Waals surface area contributed by atoms with Gasteiger partial charge in [0.15, 0.2) is 0 Å². The van der Waals surface area contributed by atoms with Crippen LogP contribution < -0.4 is 10.5 Å². The SMILES string of the molecule is CN1CCSCC1C(N)CC1CCOc2ccccc21. The van der Waals surface area contributed by atoms with Gasteiger partial charge in [0.1, 0.15) is 5.75 Å². The average Bonchev–Trinajstić information content (AvgIpc) is 2.48. The van der Waals surface area contributed by atoms with E-state index in [0.717, 1.165) is 31.7 Å². The fourth-order valence-corrected chi connectivity index (χ4v) is 4.63. The van der Waals surface area contributed by atoms with Gasteiger partial charge in [-0.25, -0.2) is 0 Å². The predicted molar refractivity (Wildman–Crippen MR) is 85.6 cm³/mol. The Labute approximate surface area is 125 Å². The Hall–Kier alpha value is -0.710. The van der Waals surface area contributed by atoms with Crippen LogP contribution in [-0.4, -0.2) is 48.7 Å². The first-order chi connectivity index (χ1) is 9.75. The van der Waals surface area contributed by atoms with Gasteiger partial charge in [-0.3, -0.25) is 0 Å². The van der Waals surface area contributed by atoms with Crippen molar-refractivity contribution in [3.8, 4) is 5.75 Å². The zero-order valence-corrected chi connectivity index (χ0v) is 12.9. The van der Waals surface area contributed by atoms with E-state index >= 15 is 0 Å². The summed E-state index contributed by atoms with van der Waals surface area (Å²) in [5.41, 5.74) is 7.88. The molecule has 1 aromatic rings. The van der Waals surface area contributed by atoms with Crippen molar-refractivity contribution in [3.05, 3.63) is 29.8 Å². The Kier molecular flexibility index (Phi) is 4.54. The van der Waals surface area contributed by atoms with E-state index in [1.807, 2.05) is 17.8 Å². The van der Waals surface area contributed by atoms with Crippen molar-refractivity contribution >= 4 is 11.8 Å². The molecule has 3 rings (SSSR count). The Morgan fingerprint density at radius 3 is 3.15 bits per heavy atom. The van der Waals surface area contributed by atoms with Crippen LogP contribution in [0.15, 0.2) is 24.3 Å². The van der Waals surface area contributed by atoms with Gasteiger partial charge in [0, 0.05) is 30.1 Å². The molecular formula is C16H24N2OS. The first-order valence-corrected chi connectivity index (χ1v) is 8.66. The normalized spacial score (nSPS) is 28.5. The molecule has 3 unspecified atom stereocenters. The smallest absolute Gasteiger partial charge is 0.122 e. The van der Waals surface area contributed by atoms with Crippen molar-refractivity contribution in [2.75, 3.05) is 31.7 Å². The number of nitrogens with two attached hydrogens (primary N) is 1. The molecule has 110 valence electrons. The van der Waals surface area contributed by atoms with E-state index in [1.54, 1.807) is 0 Å². The molecule has 2 aliphatic rings. The second kappa shape index (κ2) is 6.37. The van der Waals surface area contributed by atoms with Gasteiger partial charge >= 0.3 is 0 Å². The molecule has 0 spiro atoms. The fraction of sp³-hybridized carbons (Fsp3) is 0.625. The number of thioether (sulfide) groups is 1. The van der Waals surface area contributed by atoms with E-state index in [0.29, 0.717) is 12.0 Å². The molecule has 0 aromatic heterocycles. The van der Waals surface area contributed by atoms with Crippen LogP contribution in [-0.2, 0) is 0 Å². The van der Waals surface area contributed by atoms with Crippen LogP contribution in [0.3, 0.4) is 0 Å². The van der Waals surface area contributed by atoms with Gasteiger partial charge in [-0.2, -0.15) is 11.8 Å². The van der Waals surface area contributed by atoms with Gasteiger partial charge < -0.3 is 15.4 Å². The maximum Gasteiger partial charge on any atom is 0.122 e. The number of para-hydroxylation sites is 1. The first-order valence-electron chi connectivity index (χ1n) is 7.51. The molecule has 2 heterocycles. The van der Waals surface area contributed by atoms with Gasteiger partial charge in [0.2, 0.25) is 0 Å². The highest BCUT2D eigenvalue weighted by Gasteiger charge is 2.30. The van der Waals surface area contributed by atoms with Crippen LogP contribution in [0.5, 0.6) is 5.75 Å². The van der Waals surface area contributed by atoms with E-state index in [-0.39, 0.29) is 6.04 Å². The summed E-state index contributed by atoms with van der Waals surface area (Å²) in [5.74, 6) is 4.01. The van der Waals surface area contributed by atoms with E-state index in [4.69, 9.17) is 10.5 Å². The molecule has 1 aromatic carbocycles. The lowest BCUT2D eigenvalue weighted by molar-refractivity contribution is 0.209. The minimum absolute atomic E-state index is 0.254. The van der Waals surface area contributed by atoms with Crippen LogP contribution in [0.4, 0.5) is 0 Å². The number of hydrogen-bond donors (Lipinski definition) is 1. The fourth-order valence-electron chi connectivity index (χ4n) is 3.30. The zero-order chi connectivity index (χ0) is 13.9. The number of likely N-dealkylation sites (N-methyl/N-ethyl adjacent to an activating group) is 1. The second-order valence-electron chi connectivity index (χ2n) is 5.89. The number of ether oxygens (including phenoxy) is 1. The third kappa shape index (κ3) is 2.97. The molecule has 1 saturated heterocycles. The molecule has 4 heteroatoms. The topological polar surface area (TPSA) is 38.5 Å². The Morgan fingerprint density at radius 1 is 1.45 bits per heavy atom. The lowest BCUT2D eigenvalue weighted by atomic mass is 9.86. The first kappa shape index (κ1) is 14.2. The Balaban J connectivity index is 1.69. The van der Waals surface area contributed by atoms with Gasteiger partial charge in [-0.05, 0) is 37.4 Å². The third-order valence-electron chi connectivity index (χ3n) is 4.58. The maximum absolute atomic E-state index is 6.53. The summed E-state index contributed by atoms with van der Waals surface area (Å²) >= 11 is 2.04. The standard InChI is InChI=1S/C16H24N2OS/c1-18-7-9-20-11-15(18)14(17)10-12-6-8-19-16-5-3-2-4-13(12)16/h2-5,12,14-15H,6-11,17H2,1H3. The van der Waals surface area contributed by atoms with Crippen LogP contribution >= 0.6 is 11.8 Å². The minimum Gasteiger partial charge on any atom is -0.493 e. The molecule has 0 radical (unpaired) electrons. The largest absolute Gasteiger partial charge is 0.493 e. The van der Waals surface area contributed by atoms with E-state index < -0.39 is 0 Å². The molecule has 0 bridgehead atoms. The van der Waals surface area contributed by atoms with Crippen LogP contribution in [0.2, 0.25) is 0 Å². The van der Waals surface area contributed by atoms with Crippen LogP contribution in [0.25, 0.3) is 0 Å². The predicted octanol–water partition coefficient (Wildman–Crippen LogP) is 2.32. The molecule has 0 amide bonds. The summed E-state index contributed by atoms with van der Waals surface area (Å²) in [6.07, 6.45) is 2.16. The molecule has 2 N–H and O–H groups in total. The number of hydrogen-bond acceptors (Lipinski definition) is 4. The molecule has 3 nitrogen and oxygen atoms in total. The Bertz CT molecular complexity index is 454. The number of fused-ring (bicyclic) bond motifs is 1. The van der Waals surface area contributed by atoms with Crippen LogP contribution in [0, 0.1) is 0 Å². The lowest BCUT2D eigenvalue weighted by Crippen LogP contribution is -2.51. The van der Waals surface area contributed by atoms with Gasteiger partial charge in [-0.1, -0.05) is 18.2 Å². The van der Waals surface area contributed by atoms with E-state index in [9.17, 15) is 0 Å². The second-order valence-corrected chi connectivity index (χ2v) is 7.04. The van der Waals surface area contributed by atoms with Crippen LogP contribution in [0.1, 0.15) is 24.3 Å². The third-order valence-corrected chi connectivity index (χ3v) is 5.63. The highest BCUT2D eigenvalue weighted by atomic mass is 32.2. The van der Waals surface area contributed by atoms with E-state index in [2.05, 4.69) is 30.1 Å². The molecule has 0 saturated carbocycles. The van der Waals surface area contributed by atoms with E-state index in [1.165, 1.54) is 17.1 Å². The summed E-state index contributed by atoms with van der Waals surface area (Å²) in [5, 5.41) is 0. The van der Waals surface area contributed by atoms with Gasteiger partial charge in [0.25, 0.3) is 0 Å². The van der Waals surface area contributed by atoms with Crippen molar-refractivity contribution in [1.29, 1.82) is 0 Å². The molecular weight excluding hydrogens is 268 g/mol. The number of nitrogens with zero attached hydrogens (tertiary/aromatic N) is 1. The molecule has 0 aliphatic carbocycles. The van der Waals surface area contributed by atoms with Crippen molar-refractivity contribution in [2.24, 2.45) is 5.73 Å². The summed E-state index contributed by atoms with van der Waals surface area (Å²) < 4.78 is 5.75. The average molecular weight is 292 g/mol. The monoisotopic (exact) mass is 292 g/mol. The highest BCUT2D eigenvalue weighted by molar-refractivity contribution is 7.99.